The fourth-order valence-corrected chi connectivity index (χ4v) is 1.72. The van der Waals surface area contributed by atoms with Gasteiger partial charge in [0.25, 0.3) is 0 Å². The summed E-state index contributed by atoms with van der Waals surface area (Å²) >= 11 is 0. The van der Waals surface area contributed by atoms with E-state index in [1.165, 1.54) is 6.07 Å². The van der Waals surface area contributed by atoms with E-state index in [9.17, 15) is 9.90 Å². The van der Waals surface area contributed by atoms with Gasteiger partial charge in [-0.05, 0) is 0 Å². The number of benzene rings is 1. The zero-order chi connectivity index (χ0) is 13.5. The van der Waals surface area contributed by atoms with Crippen LogP contribution in [0.15, 0.2) is 72.8 Å². The molecule has 0 aromatic heterocycles. The fraction of sp³-hybridized carbons (Fsp3) is 0. The van der Waals surface area contributed by atoms with Crippen molar-refractivity contribution in [2.75, 3.05) is 0 Å². The molecule has 0 amide bonds. The number of hydrogen-bond donors (Lipinski definition) is 1. The van der Waals surface area contributed by atoms with E-state index in [2.05, 4.69) is 0 Å². The van der Waals surface area contributed by atoms with Crippen molar-refractivity contribution in [2.45, 2.75) is 0 Å². The summed E-state index contributed by atoms with van der Waals surface area (Å²) in [5.74, 6) is 0.0234. The van der Waals surface area contributed by atoms with Crippen molar-refractivity contribution >= 4 is 6.29 Å². The van der Waals surface area contributed by atoms with Crippen LogP contribution < -0.4 is 0 Å². The monoisotopic (exact) mass is 306 g/mol. The van der Waals surface area contributed by atoms with E-state index in [0.717, 1.165) is 11.1 Å². The van der Waals surface area contributed by atoms with Gasteiger partial charge < -0.3 is 5.11 Å². The second-order valence-corrected chi connectivity index (χ2v) is 4.03. The first-order valence-electron chi connectivity index (χ1n) is 5.98. The normalized spacial score (nSPS) is 9.00. The van der Waals surface area contributed by atoms with E-state index in [-0.39, 0.29) is 22.8 Å². The standard InChI is InChI=1S/C12H9O2.C5H5.Fe/c13-8-11-7-10(5-6-12(11)14)9-3-1-2-4-9;1-2-4-5-3-1;/h1-8,14H;1-5H;/q2*-1;+2. The Balaban J connectivity index is 0.000000283. The average molecular weight is 306 g/mol. The Morgan fingerprint density at radius 2 is 1.70 bits per heavy atom. The molecule has 3 aromatic carbocycles. The van der Waals surface area contributed by atoms with E-state index in [0.29, 0.717) is 11.8 Å². The van der Waals surface area contributed by atoms with Gasteiger partial charge in [-0.3, -0.25) is 4.79 Å². The minimum absolute atomic E-state index is 0. The number of aromatic hydroxyl groups is 1. The van der Waals surface area contributed by atoms with Gasteiger partial charge in [0.15, 0.2) is 0 Å². The van der Waals surface area contributed by atoms with Crippen LogP contribution in [0.1, 0.15) is 10.4 Å². The molecule has 0 bridgehead atoms. The van der Waals surface area contributed by atoms with Crippen LogP contribution in [0.25, 0.3) is 11.1 Å². The van der Waals surface area contributed by atoms with Crippen molar-refractivity contribution in [3.8, 4) is 16.9 Å². The maximum Gasteiger partial charge on any atom is 2.00 e. The summed E-state index contributed by atoms with van der Waals surface area (Å²) in [6.45, 7) is 0. The van der Waals surface area contributed by atoms with Crippen LogP contribution in [0.4, 0.5) is 0 Å². The smallest absolute Gasteiger partial charge is 0.509 e. The Hall–Kier alpha value is -2.09. The molecule has 0 radical (unpaired) electrons. The van der Waals surface area contributed by atoms with Gasteiger partial charge in [-0.1, -0.05) is 11.6 Å². The minimum atomic E-state index is 0. The Morgan fingerprint density at radius 3 is 2.20 bits per heavy atom. The summed E-state index contributed by atoms with van der Waals surface area (Å²) < 4.78 is 0. The molecule has 1 N–H and O–H groups in total. The predicted molar refractivity (Wildman–Crippen MR) is 76.6 cm³/mol. The Labute approximate surface area is 128 Å². The average Bonchev–Trinajstić information content (AvgIpc) is 3.15. The van der Waals surface area contributed by atoms with Crippen molar-refractivity contribution in [1.82, 2.24) is 0 Å². The second-order valence-electron chi connectivity index (χ2n) is 4.03. The second kappa shape index (κ2) is 8.15. The predicted octanol–water partition coefficient (Wildman–Crippen LogP) is 3.99. The maximum atomic E-state index is 10.6. The van der Waals surface area contributed by atoms with Crippen molar-refractivity contribution < 1.29 is 27.0 Å². The molecule has 0 spiro atoms. The van der Waals surface area contributed by atoms with E-state index in [4.69, 9.17) is 0 Å². The van der Waals surface area contributed by atoms with Crippen molar-refractivity contribution in [3.05, 3.63) is 78.4 Å². The van der Waals surface area contributed by atoms with E-state index < -0.39 is 0 Å². The van der Waals surface area contributed by atoms with Gasteiger partial charge in [0.05, 0.1) is 0 Å². The Morgan fingerprint density at radius 1 is 1.05 bits per heavy atom. The first kappa shape index (κ1) is 16.0. The molecule has 0 atom stereocenters. The van der Waals surface area contributed by atoms with Gasteiger partial charge >= 0.3 is 17.1 Å². The van der Waals surface area contributed by atoms with Crippen LogP contribution in [0.3, 0.4) is 0 Å². The van der Waals surface area contributed by atoms with Crippen LogP contribution in [0.2, 0.25) is 0 Å². The van der Waals surface area contributed by atoms with Crippen LogP contribution >= 0.6 is 0 Å². The Kier molecular flexibility index (Phi) is 6.51. The summed E-state index contributed by atoms with van der Waals surface area (Å²) in [5.41, 5.74) is 2.31. The summed E-state index contributed by atoms with van der Waals surface area (Å²) in [5, 5.41) is 9.30. The third kappa shape index (κ3) is 4.23. The molecule has 3 aromatic rings. The fourth-order valence-electron chi connectivity index (χ4n) is 1.72. The summed E-state index contributed by atoms with van der Waals surface area (Å²) in [4.78, 5) is 10.6. The number of carbonyl (C=O) groups is 1. The largest absolute Gasteiger partial charge is 2.00 e. The molecule has 0 unspecified atom stereocenters. The summed E-state index contributed by atoms with van der Waals surface area (Å²) in [6, 6.07) is 22.8. The molecule has 3 heteroatoms. The Bertz CT molecular complexity index is 593. The molecule has 0 aliphatic carbocycles. The van der Waals surface area contributed by atoms with Gasteiger partial charge in [0.2, 0.25) is 0 Å². The third-order valence-electron chi connectivity index (χ3n) is 2.71. The molecule has 102 valence electrons. The molecule has 0 aliphatic rings. The zero-order valence-corrected chi connectivity index (χ0v) is 11.8. The minimum Gasteiger partial charge on any atom is -0.509 e. The molecule has 0 aliphatic heterocycles. The first-order valence-corrected chi connectivity index (χ1v) is 5.98. The number of hydrogen-bond acceptors (Lipinski definition) is 2. The van der Waals surface area contributed by atoms with Crippen molar-refractivity contribution in [2.24, 2.45) is 0 Å². The van der Waals surface area contributed by atoms with E-state index in [1.54, 1.807) is 12.1 Å². The van der Waals surface area contributed by atoms with Crippen LogP contribution in [-0.4, -0.2) is 11.4 Å². The number of aldehydes is 1. The SMILES string of the molecule is O=Cc1cc(-[c-]2cccc2)ccc1O.[Fe+2].c1cc[cH-]c1. The van der Waals surface area contributed by atoms with Gasteiger partial charge in [-0.15, -0.1) is 29.8 Å². The molecule has 20 heavy (non-hydrogen) atoms. The molecule has 3 rings (SSSR count). The number of phenolic OH excluding ortho intramolecular Hbond substituents is 1. The molecule has 0 saturated heterocycles. The number of rotatable bonds is 2. The van der Waals surface area contributed by atoms with Gasteiger partial charge in [0, 0.05) is 5.56 Å². The molecule has 0 heterocycles. The van der Waals surface area contributed by atoms with Gasteiger partial charge in [-0.2, -0.15) is 30.3 Å². The molecule has 0 fully saturated rings. The summed E-state index contributed by atoms with van der Waals surface area (Å²) in [6.07, 6.45) is 0.655. The third-order valence-corrected chi connectivity index (χ3v) is 2.71. The van der Waals surface area contributed by atoms with Gasteiger partial charge in [-0.25, -0.2) is 12.1 Å². The molecular formula is C17H14FeO2. The number of phenols is 1. The van der Waals surface area contributed by atoms with Crippen molar-refractivity contribution in [1.29, 1.82) is 0 Å². The van der Waals surface area contributed by atoms with Crippen LogP contribution in [-0.2, 0) is 17.1 Å². The van der Waals surface area contributed by atoms with E-state index >= 15 is 0 Å². The van der Waals surface area contributed by atoms with Crippen LogP contribution in [0.5, 0.6) is 5.75 Å². The molecular weight excluding hydrogens is 292 g/mol. The zero-order valence-electron chi connectivity index (χ0n) is 10.7. The van der Waals surface area contributed by atoms with E-state index in [1.807, 2.05) is 54.6 Å². The summed E-state index contributed by atoms with van der Waals surface area (Å²) in [7, 11) is 0. The number of carbonyl (C=O) groups excluding carboxylic acids is 1. The molecule has 2 nitrogen and oxygen atoms in total. The van der Waals surface area contributed by atoms with Gasteiger partial charge in [0.1, 0.15) is 12.0 Å². The van der Waals surface area contributed by atoms with Crippen LogP contribution in [0, 0.1) is 0 Å². The van der Waals surface area contributed by atoms with Crippen molar-refractivity contribution in [3.63, 3.8) is 0 Å². The molecule has 0 saturated carbocycles. The first-order chi connectivity index (χ1) is 9.31. The maximum absolute atomic E-state index is 10.6. The quantitative estimate of drug-likeness (QED) is 0.441. The topological polar surface area (TPSA) is 37.3 Å².